The monoisotopic (exact) mass is 471 g/mol. The molecule has 0 aliphatic carbocycles. The lowest BCUT2D eigenvalue weighted by Crippen LogP contribution is -2.51. The van der Waals surface area contributed by atoms with Crippen LogP contribution in [0.1, 0.15) is 26.4 Å². The number of pyridine rings is 1. The summed E-state index contributed by atoms with van der Waals surface area (Å²) in [5.41, 5.74) is -1.40. The summed E-state index contributed by atoms with van der Waals surface area (Å²) in [6, 6.07) is 6.08. The van der Waals surface area contributed by atoms with Gasteiger partial charge in [0.2, 0.25) is 0 Å². The molecule has 1 N–H and O–H groups in total. The second-order valence-corrected chi connectivity index (χ2v) is 7.41. The second kappa shape index (κ2) is 9.53. The van der Waals surface area contributed by atoms with E-state index in [0.717, 1.165) is 18.3 Å². The van der Waals surface area contributed by atoms with Crippen molar-refractivity contribution in [3.63, 3.8) is 0 Å². The van der Waals surface area contributed by atoms with Crippen molar-refractivity contribution >= 4 is 28.8 Å². The van der Waals surface area contributed by atoms with Gasteiger partial charge in [-0.25, -0.2) is 0 Å². The molecule has 1 aromatic carbocycles. The Labute approximate surface area is 183 Å². The highest BCUT2D eigenvalue weighted by atomic mass is 32.2. The van der Waals surface area contributed by atoms with Crippen LogP contribution in [0.5, 0.6) is 5.75 Å². The van der Waals surface area contributed by atoms with Gasteiger partial charge in [0.1, 0.15) is 11.4 Å². The van der Waals surface area contributed by atoms with E-state index in [-0.39, 0.29) is 49.1 Å². The molecule has 2 aromatic rings. The minimum Gasteiger partial charge on any atom is -0.755 e. The fourth-order valence-corrected chi connectivity index (χ4v) is 3.60. The van der Waals surface area contributed by atoms with Crippen LogP contribution in [0.25, 0.3) is 0 Å². The molecule has 13 heteroatoms. The molecule has 1 aromatic heterocycles. The third-order valence-corrected chi connectivity index (χ3v) is 5.20. The highest BCUT2D eigenvalue weighted by Gasteiger charge is 2.37. The molecule has 0 bridgehead atoms. The van der Waals surface area contributed by atoms with Crippen molar-refractivity contribution in [2.24, 2.45) is 0 Å². The molecule has 1 fully saturated rings. The molecule has 1 saturated heterocycles. The number of methoxy groups -OCH3 is 1. The van der Waals surface area contributed by atoms with E-state index in [1.165, 1.54) is 35.1 Å². The van der Waals surface area contributed by atoms with Gasteiger partial charge in [0, 0.05) is 49.2 Å². The van der Waals surface area contributed by atoms with Gasteiger partial charge >= 0.3 is 6.18 Å². The Morgan fingerprint density at radius 3 is 2.31 bits per heavy atom. The first-order valence-electron chi connectivity index (χ1n) is 9.26. The highest BCUT2D eigenvalue weighted by molar-refractivity contribution is 7.80. The first kappa shape index (κ1) is 23.5. The van der Waals surface area contributed by atoms with Crippen LogP contribution >= 0.6 is 0 Å². The van der Waals surface area contributed by atoms with E-state index in [1.54, 1.807) is 0 Å². The summed E-state index contributed by atoms with van der Waals surface area (Å²) < 4.78 is 68.4. The SMILES string of the molecule is COc1cc(C(=O)N2CCN(C(=O)c3ncccc3C(F)(F)F)CC2)ccc1NS(=O)[O-]. The van der Waals surface area contributed by atoms with E-state index in [4.69, 9.17) is 4.74 Å². The number of rotatable bonds is 5. The molecule has 0 saturated carbocycles. The summed E-state index contributed by atoms with van der Waals surface area (Å²) in [5.74, 6) is -1.10. The van der Waals surface area contributed by atoms with Crippen LogP contribution in [-0.4, -0.2) is 68.6 Å². The van der Waals surface area contributed by atoms with Gasteiger partial charge in [0.15, 0.2) is 0 Å². The molecular formula is C19H18F3N4O5S-. The number of piperazine rings is 1. The third kappa shape index (κ3) is 5.16. The van der Waals surface area contributed by atoms with Gasteiger partial charge in [-0.05, 0) is 30.3 Å². The number of hydrogen-bond acceptors (Lipinski definition) is 6. The molecule has 1 aliphatic rings. The van der Waals surface area contributed by atoms with Crippen molar-refractivity contribution in [1.82, 2.24) is 14.8 Å². The van der Waals surface area contributed by atoms with Crippen LogP contribution in [-0.2, 0) is 17.4 Å². The number of halogens is 3. The Balaban J connectivity index is 1.69. The highest BCUT2D eigenvalue weighted by Crippen LogP contribution is 2.32. The maximum Gasteiger partial charge on any atom is 0.418 e. The lowest BCUT2D eigenvalue weighted by atomic mass is 10.1. The Morgan fingerprint density at radius 2 is 1.75 bits per heavy atom. The van der Waals surface area contributed by atoms with Crippen LogP contribution < -0.4 is 9.46 Å². The number of aromatic nitrogens is 1. The number of anilines is 1. The average Bonchev–Trinajstić information content (AvgIpc) is 2.77. The quantitative estimate of drug-likeness (QED) is 0.667. The average molecular weight is 471 g/mol. The summed E-state index contributed by atoms with van der Waals surface area (Å²) in [6.45, 7) is 0.270. The Bertz CT molecular complexity index is 1040. The largest absolute Gasteiger partial charge is 0.755 e. The van der Waals surface area contributed by atoms with E-state index >= 15 is 0 Å². The summed E-state index contributed by atoms with van der Waals surface area (Å²) in [6.07, 6.45) is -3.59. The van der Waals surface area contributed by atoms with Gasteiger partial charge in [-0.1, -0.05) is 0 Å². The standard InChI is InChI=1S/C19H19F3N4O5S/c1-31-15-11-12(4-5-14(15)24-32(29)30)17(27)25-7-9-26(10-8-25)18(28)16-13(19(20,21)22)3-2-6-23-16/h2-6,11,24H,7-10H2,1H3,(H,29,30)/p-1. The first-order chi connectivity index (χ1) is 15.1. The Morgan fingerprint density at radius 1 is 1.12 bits per heavy atom. The van der Waals surface area contributed by atoms with E-state index < -0.39 is 34.6 Å². The van der Waals surface area contributed by atoms with Crippen molar-refractivity contribution in [1.29, 1.82) is 0 Å². The van der Waals surface area contributed by atoms with E-state index in [9.17, 15) is 31.5 Å². The number of nitrogens with zero attached hydrogens (tertiary/aromatic N) is 3. The lowest BCUT2D eigenvalue weighted by Gasteiger charge is -2.35. The van der Waals surface area contributed by atoms with Crippen molar-refractivity contribution in [2.75, 3.05) is 38.0 Å². The smallest absolute Gasteiger partial charge is 0.418 e. The molecular weight excluding hydrogens is 453 g/mol. The van der Waals surface area contributed by atoms with Gasteiger partial charge in [0.25, 0.3) is 11.8 Å². The predicted octanol–water partition coefficient (Wildman–Crippen LogP) is 1.91. The van der Waals surface area contributed by atoms with E-state index in [2.05, 4.69) is 9.71 Å². The number of hydrogen-bond donors (Lipinski definition) is 1. The van der Waals surface area contributed by atoms with E-state index in [0.29, 0.717) is 0 Å². The normalized spacial score (nSPS) is 15.3. The minimum absolute atomic E-state index is 0.0321. The van der Waals surface area contributed by atoms with Gasteiger partial charge in [-0.15, -0.1) is 0 Å². The van der Waals surface area contributed by atoms with Crippen LogP contribution in [0.15, 0.2) is 36.5 Å². The molecule has 1 aliphatic heterocycles. The minimum atomic E-state index is -4.71. The first-order valence-corrected chi connectivity index (χ1v) is 10.3. The van der Waals surface area contributed by atoms with Gasteiger partial charge < -0.3 is 23.8 Å². The lowest BCUT2D eigenvalue weighted by molar-refractivity contribution is -0.138. The zero-order valence-corrected chi connectivity index (χ0v) is 17.5. The van der Waals surface area contributed by atoms with Crippen molar-refractivity contribution in [3.8, 4) is 5.75 Å². The molecule has 1 atom stereocenters. The number of amides is 2. The van der Waals surface area contributed by atoms with Crippen LogP contribution in [0.4, 0.5) is 18.9 Å². The zero-order valence-electron chi connectivity index (χ0n) is 16.7. The summed E-state index contributed by atoms with van der Waals surface area (Å²) in [4.78, 5) is 31.7. The molecule has 0 radical (unpaired) electrons. The number of carbonyl (C=O) groups is 2. The van der Waals surface area contributed by atoms with Gasteiger partial charge in [0.05, 0.1) is 18.4 Å². The van der Waals surface area contributed by atoms with Crippen molar-refractivity contribution < 1.29 is 36.3 Å². The molecule has 1 unspecified atom stereocenters. The molecule has 32 heavy (non-hydrogen) atoms. The molecule has 0 spiro atoms. The molecule has 9 nitrogen and oxygen atoms in total. The number of alkyl halides is 3. The van der Waals surface area contributed by atoms with Gasteiger partial charge in [-0.3, -0.25) is 18.8 Å². The van der Waals surface area contributed by atoms with Crippen molar-refractivity contribution in [2.45, 2.75) is 6.18 Å². The maximum atomic E-state index is 13.2. The van der Waals surface area contributed by atoms with Crippen molar-refractivity contribution in [3.05, 3.63) is 53.3 Å². The van der Waals surface area contributed by atoms with Crippen LogP contribution in [0.3, 0.4) is 0 Å². The fourth-order valence-electron chi connectivity index (χ4n) is 3.25. The number of carbonyl (C=O) groups excluding carboxylic acids is 2. The molecule has 2 heterocycles. The molecule has 172 valence electrons. The maximum absolute atomic E-state index is 13.2. The molecule has 3 rings (SSSR count). The Kier molecular flexibility index (Phi) is 6.99. The van der Waals surface area contributed by atoms with E-state index in [1.807, 2.05) is 0 Å². The zero-order chi connectivity index (χ0) is 23.5. The van der Waals surface area contributed by atoms with Crippen LogP contribution in [0, 0.1) is 0 Å². The summed E-state index contributed by atoms with van der Waals surface area (Å²) in [5, 5.41) is 0. The summed E-state index contributed by atoms with van der Waals surface area (Å²) >= 11 is -2.57. The Hall–Kier alpha value is -3.19. The summed E-state index contributed by atoms with van der Waals surface area (Å²) in [7, 11) is 1.32. The topological polar surface area (TPSA) is 115 Å². The second-order valence-electron chi connectivity index (χ2n) is 6.73. The number of nitrogens with one attached hydrogen (secondary N) is 1. The predicted molar refractivity (Wildman–Crippen MR) is 107 cm³/mol. The molecule has 2 amide bonds. The van der Waals surface area contributed by atoms with Crippen LogP contribution in [0.2, 0.25) is 0 Å². The van der Waals surface area contributed by atoms with Gasteiger partial charge in [-0.2, -0.15) is 13.2 Å². The third-order valence-electron chi connectivity index (χ3n) is 4.81. The fraction of sp³-hybridized carbons (Fsp3) is 0.316. The number of benzene rings is 1. The number of ether oxygens (including phenoxy) is 1.